The summed E-state index contributed by atoms with van der Waals surface area (Å²) in [7, 11) is 0. The standard InChI is InChI=1S/C26H36N4O2/c1-5-29-14-16-30(17-15-29)22-12-10-21(11-13-22)27-26(32)24(18-19(2)3)28-25(31)23-9-7-6-8-20(23)4/h6-13,19,24H,5,14-18H2,1-4H3,(H,27,32)(H,28,31)/t24-/m1/s1. The minimum Gasteiger partial charge on any atom is -0.369 e. The van der Waals surface area contributed by atoms with Crippen LogP contribution in [0.1, 0.15) is 43.1 Å². The highest BCUT2D eigenvalue weighted by molar-refractivity contribution is 6.01. The van der Waals surface area contributed by atoms with Crippen LogP contribution in [0.4, 0.5) is 11.4 Å². The van der Waals surface area contributed by atoms with E-state index in [1.807, 2.05) is 51.1 Å². The lowest BCUT2D eigenvalue weighted by Crippen LogP contribution is -2.46. The average molecular weight is 437 g/mol. The molecule has 0 unspecified atom stereocenters. The van der Waals surface area contributed by atoms with Gasteiger partial charge in [0, 0.05) is 43.1 Å². The van der Waals surface area contributed by atoms with Crippen molar-refractivity contribution in [2.45, 2.75) is 40.2 Å². The van der Waals surface area contributed by atoms with Crippen LogP contribution < -0.4 is 15.5 Å². The van der Waals surface area contributed by atoms with Crippen LogP contribution in [0.25, 0.3) is 0 Å². The molecule has 0 aliphatic carbocycles. The predicted molar refractivity (Wildman–Crippen MR) is 131 cm³/mol. The van der Waals surface area contributed by atoms with Crippen molar-refractivity contribution in [2.24, 2.45) is 5.92 Å². The average Bonchev–Trinajstić information content (AvgIpc) is 2.79. The number of hydrogen-bond acceptors (Lipinski definition) is 4. The van der Waals surface area contributed by atoms with Gasteiger partial charge in [-0.2, -0.15) is 0 Å². The van der Waals surface area contributed by atoms with Crippen LogP contribution in [0.3, 0.4) is 0 Å². The molecule has 0 radical (unpaired) electrons. The van der Waals surface area contributed by atoms with Crippen LogP contribution in [0, 0.1) is 12.8 Å². The first-order valence-electron chi connectivity index (χ1n) is 11.6. The maximum atomic E-state index is 13.0. The fourth-order valence-corrected chi connectivity index (χ4v) is 4.07. The molecular formula is C26H36N4O2. The number of carbonyl (C=O) groups is 2. The fourth-order valence-electron chi connectivity index (χ4n) is 4.07. The van der Waals surface area contributed by atoms with Gasteiger partial charge in [0.1, 0.15) is 6.04 Å². The Morgan fingerprint density at radius 3 is 2.22 bits per heavy atom. The summed E-state index contributed by atoms with van der Waals surface area (Å²) < 4.78 is 0. The number of nitrogens with zero attached hydrogens (tertiary/aromatic N) is 2. The van der Waals surface area contributed by atoms with Gasteiger partial charge in [0.15, 0.2) is 0 Å². The molecule has 0 bridgehead atoms. The summed E-state index contributed by atoms with van der Waals surface area (Å²) in [5.74, 6) is -0.137. The van der Waals surface area contributed by atoms with E-state index in [1.54, 1.807) is 6.07 Å². The van der Waals surface area contributed by atoms with Crippen molar-refractivity contribution >= 4 is 23.2 Å². The lowest BCUT2D eigenvalue weighted by molar-refractivity contribution is -0.118. The Labute approximate surface area is 192 Å². The number of piperazine rings is 1. The summed E-state index contributed by atoms with van der Waals surface area (Å²) in [6, 6.07) is 14.8. The Morgan fingerprint density at radius 1 is 0.969 bits per heavy atom. The molecule has 0 spiro atoms. The quantitative estimate of drug-likeness (QED) is 0.658. The first kappa shape index (κ1) is 23.8. The Kier molecular flexibility index (Phi) is 8.28. The van der Waals surface area contributed by atoms with E-state index in [4.69, 9.17) is 0 Å². The van der Waals surface area contributed by atoms with Crippen LogP contribution in [0.15, 0.2) is 48.5 Å². The van der Waals surface area contributed by atoms with Gasteiger partial charge in [-0.05, 0) is 61.7 Å². The van der Waals surface area contributed by atoms with E-state index >= 15 is 0 Å². The number of aryl methyl sites for hydroxylation is 1. The smallest absolute Gasteiger partial charge is 0.252 e. The van der Waals surface area contributed by atoms with Gasteiger partial charge in [-0.3, -0.25) is 9.59 Å². The molecule has 1 aliphatic heterocycles. The zero-order valence-electron chi connectivity index (χ0n) is 19.7. The minimum absolute atomic E-state index is 0.190. The van der Waals surface area contributed by atoms with Gasteiger partial charge in [-0.25, -0.2) is 0 Å². The molecule has 1 saturated heterocycles. The zero-order valence-corrected chi connectivity index (χ0v) is 19.7. The van der Waals surface area contributed by atoms with Gasteiger partial charge < -0.3 is 20.4 Å². The predicted octanol–water partition coefficient (Wildman–Crippen LogP) is 3.92. The van der Waals surface area contributed by atoms with Crippen molar-refractivity contribution in [3.05, 3.63) is 59.7 Å². The summed E-state index contributed by atoms with van der Waals surface area (Å²) in [6.07, 6.45) is 0.573. The van der Waals surface area contributed by atoms with Gasteiger partial charge in [0.05, 0.1) is 0 Å². The normalized spacial score (nSPS) is 15.5. The molecule has 1 aliphatic rings. The molecule has 1 atom stereocenters. The van der Waals surface area contributed by atoms with Crippen LogP contribution in [0.2, 0.25) is 0 Å². The maximum absolute atomic E-state index is 13.0. The Hall–Kier alpha value is -2.86. The Bertz CT molecular complexity index is 902. The summed E-state index contributed by atoms with van der Waals surface area (Å²) in [6.45, 7) is 13.5. The summed E-state index contributed by atoms with van der Waals surface area (Å²) in [5.41, 5.74) is 3.40. The van der Waals surface area contributed by atoms with Crippen LogP contribution >= 0.6 is 0 Å². The van der Waals surface area contributed by atoms with Crippen molar-refractivity contribution in [2.75, 3.05) is 42.9 Å². The highest BCUT2D eigenvalue weighted by atomic mass is 16.2. The number of hydrogen-bond donors (Lipinski definition) is 2. The minimum atomic E-state index is -0.594. The first-order valence-corrected chi connectivity index (χ1v) is 11.6. The van der Waals surface area contributed by atoms with Crippen molar-refractivity contribution in [1.82, 2.24) is 10.2 Å². The highest BCUT2D eigenvalue weighted by Gasteiger charge is 2.23. The van der Waals surface area contributed by atoms with Crippen LogP contribution in [0.5, 0.6) is 0 Å². The van der Waals surface area contributed by atoms with Crippen molar-refractivity contribution in [3.63, 3.8) is 0 Å². The highest BCUT2D eigenvalue weighted by Crippen LogP contribution is 2.20. The topological polar surface area (TPSA) is 64.7 Å². The molecule has 0 aromatic heterocycles. The van der Waals surface area contributed by atoms with E-state index in [0.717, 1.165) is 44.0 Å². The van der Waals surface area contributed by atoms with Crippen LogP contribution in [-0.2, 0) is 4.79 Å². The number of anilines is 2. The molecule has 1 heterocycles. The molecule has 3 rings (SSSR count). The fraction of sp³-hybridized carbons (Fsp3) is 0.462. The van der Waals surface area contributed by atoms with E-state index < -0.39 is 6.04 Å². The second-order valence-electron chi connectivity index (χ2n) is 8.93. The second kappa shape index (κ2) is 11.1. The van der Waals surface area contributed by atoms with Gasteiger partial charge in [-0.1, -0.05) is 39.0 Å². The zero-order chi connectivity index (χ0) is 23.1. The van der Waals surface area contributed by atoms with E-state index in [2.05, 4.69) is 39.5 Å². The molecule has 2 aromatic rings. The second-order valence-corrected chi connectivity index (χ2v) is 8.93. The largest absolute Gasteiger partial charge is 0.369 e. The van der Waals surface area contributed by atoms with E-state index in [-0.39, 0.29) is 17.7 Å². The number of likely N-dealkylation sites (N-methyl/N-ethyl adjacent to an activating group) is 1. The summed E-state index contributed by atoms with van der Waals surface area (Å²) >= 11 is 0. The number of carbonyl (C=O) groups excluding carboxylic acids is 2. The van der Waals surface area contributed by atoms with Gasteiger partial charge in [-0.15, -0.1) is 0 Å². The van der Waals surface area contributed by atoms with Crippen molar-refractivity contribution < 1.29 is 9.59 Å². The lowest BCUT2D eigenvalue weighted by atomic mass is 10.0. The van der Waals surface area contributed by atoms with Crippen LogP contribution in [-0.4, -0.2) is 55.5 Å². The maximum Gasteiger partial charge on any atom is 0.252 e. The summed E-state index contributed by atoms with van der Waals surface area (Å²) in [5, 5.41) is 5.92. The van der Waals surface area contributed by atoms with Gasteiger partial charge in [0.2, 0.25) is 5.91 Å². The molecular weight excluding hydrogens is 400 g/mol. The van der Waals surface area contributed by atoms with Gasteiger partial charge >= 0.3 is 0 Å². The molecule has 2 amide bonds. The number of nitrogens with one attached hydrogen (secondary N) is 2. The number of rotatable bonds is 8. The molecule has 0 saturated carbocycles. The van der Waals surface area contributed by atoms with E-state index in [0.29, 0.717) is 12.0 Å². The lowest BCUT2D eigenvalue weighted by Gasteiger charge is -2.35. The molecule has 6 nitrogen and oxygen atoms in total. The Balaban J connectivity index is 1.63. The SMILES string of the molecule is CCN1CCN(c2ccc(NC(=O)[C@@H](CC(C)C)NC(=O)c3ccccc3C)cc2)CC1. The Morgan fingerprint density at radius 2 is 1.62 bits per heavy atom. The molecule has 2 aromatic carbocycles. The van der Waals surface area contributed by atoms with Gasteiger partial charge in [0.25, 0.3) is 5.91 Å². The third kappa shape index (κ3) is 6.33. The van der Waals surface area contributed by atoms with Crippen molar-refractivity contribution in [3.8, 4) is 0 Å². The van der Waals surface area contributed by atoms with Crippen molar-refractivity contribution in [1.29, 1.82) is 0 Å². The third-order valence-corrected chi connectivity index (χ3v) is 6.04. The molecule has 6 heteroatoms. The first-order chi connectivity index (χ1) is 15.4. The monoisotopic (exact) mass is 436 g/mol. The molecule has 32 heavy (non-hydrogen) atoms. The van der Waals surface area contributed by atoms with E-state index in [1.165, 1.54) is 5.69 Å². The number of benzene rings is 2. The molecule has 2 N–H and O–H groups in total. The molecule has 1 fully saturated rings. The summed E-state index contributed by atoms with van der Waals surface area (Å²) in [4.78, 5) is 30.6. The van der Waals surface area contributed by atoms with E-state index in [9.17, 15) is 9.59 Å². The third-order valence-electron chi connectivity index (χ3n) is 6.04. The molecule has 172 valence electrons. The number of amides is 2.